The van der Waals surface area contributed by atoms with Crippen molar-refractivity contribution in [3.63, 3.8) is 0 Å². The average Bonchev–Trinajstić information content (AvgIpc) is 3.16. The summed E-state index contributed by atoms with van der Waals surface area (Å²) in [5.74, 6) is -3.99. The number of Topliss-reactive ketones (excluding diaryl/α,β-unsaturated/α-hetero) is 1. The van der Waals surface area contributed by atoms with Gasteiger partial charge in [-0.05, 0) is 104 Å². The number of amidine groups is 1. The Morgan fingerprint density at radius 3 is 2.20 bits per heavy atom. The zero-order valence-corrected chi connectivity index (χ0v) is 34.3. The molecule has 0 radical (unpaired) electrons. The van der Waals surface area contributed by atoms with Gasteiger partial charge < -0.3 is 16.0 Å². The maximum absolute atomic E-state index is 14.4. The molecule has 5 amide bonds. The molecule has 1 aromatic heterocycles. The van der Waals surface area contributed by atoms with Crippen LogP contribution in [0, 0.1) is 34.6 Å². The van der Waals surface area contributed by atoms with Gasteiger partial charge in [-0.1, -0.05) is 52.8 Å². The van der Waals surface area contributed by atoms with Gasteiger partial charge in [-0.15, -0.1) is 5.73 Å². The van der Waals surface area contributed by atoms with Crippen molar-refractivity contribution in [1.29, 1.82) is 5.53 Å². The first-order valence-electron chi connectivity index (χ1n) is 20.2. The van der Waals surface area contributed by atoms with Crippen LogP contribution in [0.4, 0.5) is 0 Å². The quantitative estimate of drug-likeness (QED) is 0.0205. The largest absolute Gasteiger partial charge is 0.372 e. The zero-order chi connectivity index (χ0) is 41.6. The van der Waals surface area contributed by atoms with Gasteiger partial charge in [0, 0.05) is 37.7 Å². The molecule has 6 atom stereocenters. The van der Waals surface area contributed by atoms with E-state index in [0.717, 1.165) is 12.0 Å². The van der Waals surface area contributed by atoms with Crippen LogP contribution in [0.15, 0.2) is 41.9 Å². The van der Waals surface area contributed by atoms with Gasteiger partial charge in [-0.25, -0.2) is 0 Å². The Morgan fingerprint density at radius 2 is 1.62 bits per heavy atom. The number of aromatic nitrogens is 1. The van der Waals surface area contributed by atoms with Crippen LogP contribution in [-0.4, -0.2) is 74.5 Å². The molecule has 0 aromatic carbocycles. The fraction of sp³-hybridized carbons (Fsp3) is 0.643. The molecule has 0 bridgehead atoms. The van der Waals surface area contributed by atoms with Crippen molar-refractivity contribution < 1.29 is 33.6 Å². The average molecular weight is 776 g/mol. The van der Waals surface area contributed by atoms with Crippen LogP contribution in [0.25, 0.3) is 0 Å². The second-order valence-electron chi connectivity index (χ2n) is 16.1. The lowest BCUT2D eigenvalue weighted by Crippen LogP contribution is -2.59. The number of amides is 5. The minimum Gasteiger partial charge on any atom is -0.344 e. The highest BCUT2D eigenvalue weighted by Gasteiger charge is 2.53. The second-order valence-corrected chi connectivity index (χ2v) is 16.1. The number of nitrogens with two attached hydrogens (primary N) is 1. The predicted molar refractivity (Wildman–Crippen MR) is 211 cm³/mol. The van der Waals surface area contributed by atoms with Gasteiger partial charge in [0.2, 0.25) is 17.7 Å². The Labute approximate surface area is 331 Å². The summed E-state index contributed by atoms with van der Waals surface area (Å²) in [5, 5.41) is 8.49. The summed E-state index contributed by atoms with van der Waals surface area (Å²) in [6.07, 6.45) is 10.6. The maximum Gasteiger partial charge on any atom is 0.372 e. The lowest BCUT2D eigenvalue weighted by molar-refractivity contribution is -0.154. The number of hydrogen-bond acceptors (Lipinski definition) is 8. The summed E-state index contributed by atoms with van der Waals surface area (Å²) in [4.78, 5) is 91.1. The highest BCUT2D eigenvalue weighted by atomic mass is 16.2. The van der Waals surface area contributed by atoms with Crippen LogP contribution in [0.1, 0.15) is 131 Å². The molecule has 2 aliphatic rings. The predicted octanol–water partition coefficient (Wildman–Crippen LogP) is 4.72. The topological polar surface area (TPSA) is 219 Å². The third kappa shape index (κ3) is 12.0. The van der Waals surface area contributed by atoms with Gasteiger partial charge >= 0.3 is 5.84 Å². The van der Waals surface area contributed by atoms with Gasteiger partial charge in [-0.2, -0.15) is 0 Å². The molecule has 1 aromatic rings. The van der Waals surface area contributed by atoms with Gasteiger partial charge in [0.25, 0.3) is 17.6 Å². The summed E-state index contributed by atoms with van der Waals surface area (Å²) in [6.45, 7) is 13.2. The molecule has 1 aliphatic carbocycles. The van der Waals surface area contributed by atoms with Crippen molar-refractivity contribution in [1.82, 2.24) is 25.8 Å². The van der Waals surface area contributed by atoms with E-state index in [1.165, 1.54) is 4.90 Å². The number of likely N-dealkylation sites (tertiary alicyclic amines) is 1. The van der Waals surface area contributed by atoms with Crippen LogP contribution < -0.4 is 21.7 Å². The summed E-state index contributed by atoms with van der Waals surface area (Å²) < 4.78 is 0. The Morgan fingerprint density at radius 1 is 0.982 bits per heavy atom. The summed E-state index contributed by atoms with van der Waals surface area (Å²) >= 11 is 0. The summed E-state index contributed by atoms with van der Waals surface area (Å²) in [6, 6.07) is 1.18. The molecule has 1 spiro atoms. The molecule has 3 rings (SSSR count). The molecule has 56 heavy (non-hydrogen) atoms. The Kier molecular flexibility index (Phi) is 17.4. The van der Waals surface area contributed by atoms with E-state index in [1.54, 1.807) is 65.2 Å². The fourth-order valence-electron chi connectivity index (χ4n) is 7.64. The molecular weight excluding hydrogens is 713 g/mol. The maximum atomic E-state index is 14.4. The van der Waals surface area contributed by atoms with E-state index in [0.29, 0.717) is 51.4 Å². The van der Waals surface area contributed by atoms with E-state index < -0.39 is 53.0 Å². The molecule has 2 fully saturated rings. The third-order valence-electron chi connectivity index (χ3n) is 11.4. The minimum absolute atomic E-state index is 0.00546. The standard InChI is InChI=1S/C42H62N8O6/c1-8-10-13-31(38(53)40(55)46-28(7)30-18-22-45-23-19-30)32-17-21-42(32)20-16-29(9-2)25-50(35(52)24-42)41(56)37(27(5)6)48-39(54)36(26(3)4)47-34(51)15-12-11-14-33(43)49-44/h10,18-19,22-23,26-29,32,36-37,43-44H,8-9,11-12,14-17,20-21,24-25H2,1-7H3,(H3,46,47,48,51,54,55)/p+1/t13?,28?,29-,32?,36?,37?,42?/m0/s1. The lowest BCUT2D eigenvalue weighted by Gasteiger charge is -2.52. The number of unbranched alkanes of at least 4 members (excludes halogenated alkanes) is 1. The molecule has 1 aliphatic heterocycles. The van der Waals surface area contributed by atoms with Crippen LogP contribution >= 0.6 is 0 Å². The van der Waals surface area contributed by atoms with E-state index in [9.17, 15) is 28.8 Å². The van der Waals surface area contributed by atoms with Crippen LogP contribution in [0.2, 0.25) is 0 Å². The van der Waals surface area contributed by atoms with Gasteiger partial charge in [-0.3, -0.25) is 44.4 Å². The van der Waals surface area contributed by atoms with E-state index >= 15 is 0 Å². The molecule has 306 valence electrons. The van der Waals surface area contributed by atoms with Crippen molar-refractivity contribution in [3.8, 4) is 0 Å². The second kappa shape index (κ2) is 21.4. The van der Waals surface area contributed by atoms with Crippen molar-refractivity contribution in [3.05, 3.63) is 47.5 Å². The first kappa shape index (κ1) is 45.5. The Bertz CT molecular complexity index is 1700. The molecular formula is C42H63N8O6+. The van der Waals surface area contributed by atoms with Crippen LogP contribution in [-0.2, 0) is 28.8 Å². The number of carbonyl (C=O) groups excluding carboxylic acids is 6. The minimum atomic E-state index is -1.03. The number of hydrogen-bond donors (Lipinski definition) is 5. The Hall–Kier alpha value is -4.93. The molecule has 6 N–H and O–H groups in total. The molecule has 5 unspecified atom stereocenters. The monoisotopic (exact) mass is 775 g/mol. The SMILES string of the molecule is CCC=C=C(C(=O)C(=O)NC(C)c1ccncc1)C1CCC12CC[C@H](CC)CN(C(=O)C(NC(=O)C(NC(=O)CCCCC(N)=[N+]=N)C(C)C)C(C)C)C(=O)C2. The Balaban J connectivity index is 1.82. The molecule has 1 saturated heterocycles. The fourth-order valence-corrected chi connectivity index (χ4v) is 7.64. The van der Waals surface area contributed by atoms with Crippen molar-refractivity contribution >= 4 is 41.2 Å². The number of pyridine rings is 1. The number of nitrogens with zero attached hydrogens (tertiary/aromatic N) is 3. The number of nitrogens with one attached hydrogen (secondary N) is 4. The molecule has 2 heterocycles. The number of carbonyl (C=O) groups is 6. The van der Waals surface area contributed by atoms with Crippen LogP contribution in [0.3, 0.4) is 0 Å². The number of ketones is 1. The first-order valence-corrected chi connectivity index (χ1v) is 20.2. The smallest absolute Gasteiger partial charge is 0.344 e. The molecule has 14 nitrogen and oxygen atoms in total. The molecule has 1 saturated carbocycles. The number of imide groups is 1. The lowest BCUT2D eigenvalue weighted by atomic mass is 9.52. The van der Waals surface area contributed by atoms with Gasteiger partial charge in [0.15, 0.2) is 0 Å². The van der Waals surface area contributed by atoms with E-state index in [-0.39, 0.29) is 60.4 Å². The van der Waals surface area contributed by atoms with E-state index in [4.69, 9.17) is 11.3 Å². The summed E-state index contributed by atoms with van der Waals surface area (Å²) in [5.41, 5.74) is 16.1. The third-order valence-corrected chi connectivity index (χ3v) is 11.4. The zero-order valence-electron chi connectivity index (χ0n) is 34.3. The highest BCUT2D eigenvalue weighted by Crippen LogP contribution is 2.57. The van der Waals surface area contributed by atoms with E-state index in [2.05, 4.69) is 31.5 Å². The van der Waals surface area contributed by atoms with Crippen molar-refractivity contribution in [2.24, 2.45) is 34.8 Å². The van der Waals surface area contributed by atoms with Gasteiger partial charge in [0.05, 0.1) is 18.0 Å². The van der Waals surface area contributed by atoms with Crippen molar-refractivity contribution in [2.45, 2.75) is 137 Å². The first-order chi connectivity index (χ1) is 26.6. The van der Waals surface area contributed by atoms with Gasteiger partial charge in [0.1, 0.15) is 12.1 Å². The molecule has 14 heteroatoms. The summed E-state index contributed by atoms with van der Waals surface area (Å²) in [7, 11) is 0. The van der Waals surface area contributed by atoms with Crippen molar-refractivity contribution in [2.75, 3.05) is 6.54 Å². The number of rotatable bonds is 18. The van der Waals surface area contributed by atoms with E-state index in [1.807, 2.05) is 13.8 Å². The van der Waals surface area contributed by atoms with Crippen LogP contribution in [0.5, 0.6) is 0 Å². The normalized spacial score (nSPS) is 20.9. The highest BCUT2D eigenvalue weighted by molar-refractivity contribution is 6.42.